The van der Waals surface area contributed by atoms with Crippen molar-refractivity contribution in [3.63, 3.8) is 0 Å². The molecule has 1 aromatic heterocycles. The van der Waals surface area contributed by atoms with Gasteiger partial charge in [0.2, 0.25) is 0 Å². The predicted molar refractivity (Wildman–Crippen MR) is 131 cm³/mol. The summed E-state index contributed by atoms with van der Waals surface area (Å²) in [4.78, 5) is 0. The molecule has 1 N–H and O–H groups in total. The van der Waals surface area contributed by atoms with Gasteiger partial charge in [0.25, 0.3) is 0 Å². The molecule has 5 rings (SSSR count). The van der Waals surface area contributed by atoms with Gasteiger partial charge in [0, 0.05) is 34.2 Å². The van der Waals surface area contributed by atoms with E-state index < -0.39 is 0 Å². The average Bonchev–Trinajstić information content (AvgIpc) is 3.15. The van der Waals surface area contributed by atoms with Crippen LogP contribution in [0.5, 0.6) is 0 Å². The molecule has 0 aliphatic carbocycles. The highest BCUT2D eigenvalue weighted by molar-refractivity contribution is 6.31. The van der Waals surface area contributed by atoms with Crippen molar-refractivity contribution in [3.8, 4) is 0 Å². The molecule has 5 aromatic rings. The predicted octanol–water partition coefficient (Wildman–Crippen LogP) is 6.62. The van der Waals surface area contributed by atoms with Crippen LogP contribution in [0.3, 0.4) is 0 Å². The zero-order chi connectivity index (χ0) is 21.0. The van der Waals surface area contributed by atoms with Crippen molar-refractivity contribution >= 4 is 39.5 Å². The largest absolute Gasteiger partial charge is 0.342 e. The highest BCUT2D eigenvalue weighted by atomic mass is 35.5. The van der Waals surface area contributed by atoms with Gasteiger partial charge in [0.05, 0.1) is 12.8 Å². The minimum Gasteiger partial charge on any atom is -0.342 e. The van der Waals surface area contributed by atoms with Crippen LogP contribution in [-0.2, 0) is 13.1 Å². The number of aromatic nitrogens is 1. The van der Waals surface area contributed by atoms with Crippen molar-refractivity contribution in [3.05, 3.63) is 119 Å². The molecule has 4 aromatic carbocycles. The van der Waals surface area contributed by atoms with Crippen LogP contribution in [0.2, 0.25) is 5.02 Å². The average molecular weight is 424 g/mol. The molecule has 0 aliphatic rings. The number of halogens is 1. The van der Waals surface area contributed by atoms with Crippen LogP contribution in [0.1, 0.15) is 16.7 Å². The standard InChI is InChI=1S/C27H22ClN3/c28-26-14-5-2-9-21(26)16-29-30-17-23-19-31(27-15-6-4-13-25(23)27)18-22-11-7-10-20-8-1-3-12-24(20)22/h1-15,17,19,29H,16,18H2/b30-17-. The molecule has 0 radical (unpaired) electrons. The maximum absolute atomic E-state index is 6.22. The number of benzene rings is 4. The minimum absolute atomic E-state index is 0.588. The fraction of sp³-hybridized carbons (Fsp3) is 0.0741. The fourth-order valence-corrected chi connectivity index (χ4v) is 4.21. The topological polar surface area (TPSA) is 29.3 Å². The first-order chi connectivity index (χ1) is 15.3. The lowest BCUT2D eigenvalue weighted by Gasteiger charge is -2.09. The number of rotatable bonds is 6. The Morgan fingerprint density at radius 1 is 0.774 bits per heavy atom. The van der Waals surface area contributed by atoms with E-state index in [1.54, 1.807) is 0 Å². The zero-order valence-electron chi connectivity index (χ0n) is 17.0. The van der Waals surface area contributed by atoms with E-state index in [-0.39, 0.29) is 0 Å². The Hall–Kier alpha value is -3.56. The molecule has 0 atom stereocenters. The molecule has 0 spiro atoms. The van der Waals surface area contributed by atoms with E-state index in [2.05, 4.69) is 88.0 Å². The van der Waals surface area contributed by atoms with Crippen molar-refractivity contribution in [1.29, 1.82) is 0 Å². The highest BCUT2D eigenvalue weighted by Crippen LogP contribution is 2.24. The lowest BCUT2D eigenvalue weighted by atomic mass is 10.0. The second-order valence-corrected chi connectivity index (χ2v) is 7.96. The number of nitrogens with zero attached hydrogens (tertiary/aromatic N) is 2. The summed E-state index contributed by atoms with van der Waals surface area (Å²) >= 11 is 6.22. The third-order valence-corrected chi connectivity index (χ3v) is 5.93. The molecule has 31 heavy (non-hydrogen) atoms. The van der Waals surface area contributed by atoms with Gasteiger partial charge in [-0.05, 0) is 34.0 Å². The molecule has 0 saturated carbocycles. The Morgan fingerprint density at radius 3 is 2.39 bits per heavy atom. The quantitative estimate of drug-likeness (QED) is 0.241. The van der Waals surface area contributed by atoms with E-state index in [1.807, 2.05) is 30.5 Å². The number of fused-ring (bicyclic) bond motifs is 2. The summed E-state index contributed by atoms with van der Waals surface area (Å²) in [6.45, 7) is 1.40. The van der Waals surface area contributed by atoms with Crippen LogP contribution < -0.4 is 5.43 Å². The molecule has 1 heterocycles. The Balaban J connectivity index is 1.42. The molecule has 3 nitrogen and oxygen atoms in total. The molecule has 0 unspecified atom stereocenters. The summed E-state index contributed by atoms with van der Waals surface area (Å²) in [6, 6.07) is 31.3. The Bertz CT molecular complexity index is 1380. The lowest BCUT2D eigenvalue weighted by molar-refractivity contribution is 0.748. The van der Waals surface area contributed by atoms with Gasteiger partial charge >= 0.3 is 0 Å². The van der Waals surface area contributed by atoms with Gasteiger partial charge in [-0.25, -0.2) is 0 Å². The molecular weight excluding hydrogens is 402 g/mol. The van der Waals surface area contributed by atoms with Gasteiger partial charge in [0.15, 0.2) is 0 Å². The summed E-state index contributed by atoms with van der Waals surface area (Å²) in [6.07, 6.45) is 4.06. The van der Waals surface area contributed by atoms with E-state index in [9.17, 15) is 0 Å². The van der Waals surface area contributed by atoms with Crippen LogP contribution in [0.25, 0.3) is 21.7 Å². The van der Waals surface area contributed by atoms with E-state index in [0.29, 0.717) is 6.54 Å². The normalized spacial score (nSPS) is 11.5. The van der Waals surface area contributed by atoms with Gasteiger partial charge in [0.1, 0.15) is 0 Å². The summed E-state index contributed by atoms with van der Waals surface area (Å²) in [5, 5.41) is 8.94. The maximum Gasteiger partial charge on any atom is 0.0594 e. The SMILES string of the molecule is Clc1ccccc1CN/N=C\c1cn(Cc2cccc3ccccc23)c2ccccc12. The smallest absolute Gasteiger partial charge is 0.0594 e. The first-order valence-corrected chi connectivity index (χ1v) is 10.7. The van der Waals surface area contributed by atoms with Crippen LogP contribution >= 0.6 is 11.6 Å². The van der Waals surface area contributed by atoms with E-state index in [1.165, 1.54) is 27.2 Å². The van der Waals surface area contributed by atoms with Gasteiger partial charge in [-0.15, -0.1) is 0 Å². The van der Waals surface area contributed by atoms with E-state index in [4.69, 9.17) is 11.6 Å². The maximum atomic E-state index is 6.22. The first-order valence-electron chi connectivity index (χ1n) is 10.3. The summed E-state index contributed by atoms with van der Waals surface area (Å²) in [7, 11) is 0. The number of hydrogen-bond donors (Lipinski definition) is 1. The Labute approximate surface area is 186 Å². The molecule has 4 heteroatoms. The Morgan fingerprint density at radius 2 is 1.48 bits per heavy atom. The van der Waals surface area contributed by atoms with Gasteiger partial charge in [-0.3, -0.25) is 0 Å². The van der Waals surface area contributed by atoms with Crippen molar-refractivity contribution in [1.82, 2.24) is 9.99 Å². The van der Waals surface area contributed by atoms with Gasteiger partial charge in [-0.1, -0.05) is 90.5 Å². The van der Waals surface area contributed by atoms with Crippen molar-refractivity contribution in [2.24, 2.45) is 5.10 Å². The highest BCUT2D eigenvalue weighted by Gasteiger charge is 2.09. The molecule has 0 saturated heterocycles. The minimum atomic E-state index is 0.588. The van der Waals surface area contributed by atoms with Crippen molar-refractivity contribution in [2.45, 2.75) is 13.1 Å². The van der Waals surface area contributed by atoms with Crippen molar-refractivity contribution in [2.75, 3.05) is 0 Å². The van der Waals surface area contributed by atoms with Crippen LogP contribution in [0, 0.1) is 0 Å². The molecule has 0 bridgehead atoms. The fourth-order valence-electron chi connectivity index (χ4n) is 4.01. The lowest BCUT2D eigenvalue weighted by Crippen LogP contribution is -2.05. The first kappa shape index (κ1) is 19.4. The number of nitrogens with one attached hydrogen (secondary N) is 1. The van der Waals surface area contributed by atoms with Crippen molar-refractivity contribution < 1.29 is 0 Å². The molecule has 152 valence electrons. The molecule has 0 amide bonds. The second-order valence-electron chi connectivity index (χ2n) is 7.55. The third kappa shape index (κ3) is 4.05. The molecule has 0 fully saturated rings. The number of hydrogen-bond acceptors (Lipinski definition) is 2. The van der Waals surface area contributed by atoms with E-state index in [0.717, 1.165) is 22.7 Å². The summed E-state index contributed by atoms with van der Waals surface area (Å²) in [5.74, 6) is 0. The van der Waals surface area contributed by atoms with Gasteiger partial charge in [-0.2, -0.15) is 5.10 Å². The molecular formula is C27H22ClN3. The summed E-state index contributed by atoms with van der Waals surface area (Å²) in [5.41, 5.74) is 7.73. The summed E-state index contributed by atoms with van der Waals surface area (Å²) < 4.78 is 2.30. The third-order valence-electron chi connectivity index (χ3n) is 5.56. The monoisotopic (exact) mass is 423 g/mol. The number of hydrazone groups is 1. The zero-order valence-corrected chi connectivity index (χ0v) is 17.8. The number of para-hydroxylation sites is 1. The van der Waals surface area contributed by atoms with Crippen LogP contribution in [-0.4, -0.2) is 10.8 Å². The van der Waals surface area contributed by atoms with E-state index >= 15 is 0 Å². The van der Waals surface area contributed by atoms with Gasteiger partial charge < -0.3 is 9.99 Å². The Kier molecular flexibility index (Phi) is 5.42. The second kappa shape index (κ2) is 8.66. The van der Waals surface area contributed by atoms with Crippen LogP contribution in [0.15, 0.2) is 102 Å². The molecule has 0 aliphatic heterocycles. The van der Waals surface area contributed by atoms with Crippen LogP contribution in [0.4, 0.5) is 0 Å².